The van der Waals surface area contributed by atoms with Crippen LogP contribution in [0.15, 0.2) is 64.3 Å². The molecule has 0 bridgehead atoms. The summed E-state index contributed by atoms with van der Waals surface area (Å²) in [7, 11) is 3.24. The van der Waals surface area contributed by atoms with E-state index in [1.165, 1.54) is 0 Å². The molecule has 0 aliphatic carbocycles. The first-order valence-corrected chi connectivity index (χ1v) is 9.71. The van der Waals surface area contributed by atoms with Crippen molar-refractivity contribution in [2.45, 2.75) is 13.5 Å². The van der Waals surface area contributed by atoms with E-state index < -0.39 is 17.2 Å². The summed E-state index contributed by atoms with van der Waals surface area (Å²) in [4.78, 5) is 41.4. The number of carbonyl (C=O) groups is 1. The third-order valence-electron chi connectivity index (χ3n) is 5.15. The van der Waals surface area contributed by atoms with Gasteiger partial charge in [-0.15, -0.1) is 0 Å². The van der Waals surface area contributed by atoms with Crippen LogP contribution in [0.5, 0.6) is 5.75 Å². The van der Waals surface area contributed by atoms with Crippen LogP contribution in [0.1, 0.15) is 21.5 Å². The number of methoxy groups -OCH3 is 1. The van der Waals surface area contributed by atoms with Crippen LogP contribution in [0.3, 0.4) is 0 Å². The topological polar surface area (TPSA) is 98.1 Å². The predicted octanol–water partition coefficient (Wildman–Crippen LogP) is 2.26. The maximum Gasteiger partial charge on any atom is 0.333 e. The molecule has 158 valence electrons. The summed E-state index contributed by atoms with van der Waals surface area (Å²) < 4.78 is 7.82. The smallest absolute Gasteiger partial charge is 0.333 e. The molecule has 1 amide bonds. The summed E-state index contributed by atoms with van der Waals surface area (Å²) in [5, 5.41) is 2.82. The molecule has 0 saturated heterocycles. The van der Waals surface area contributed by atoms with E-state index in [0.29, 0.717) is 11.4 Å². The van der Waals surface area contributed by atoms with Crippen molar-refractivity contribution in [2.75, 3.05) is 7.11 Å². The molecule has 0 aliphatic rings. The van der Waals surface area contributed by atoms with Gasteiger partial charge in [0.15, 0.2) is 0 Å². The minimum atomic E-state index is -0.602. The Kier molecular flexibility index (Phi) is 5.21. The van der Waals surface area contributed by atoms with Gasteiger partial charge < -0.3 is 19.6 Å². The molecule has 4 aromatic rings. The lowest BCUT2D eigenvalue weighted by Gasteiger charge is -2.07. The Labute approximate surface area is 177 Å². The lowest BCUT2D eigenvalue weighted by atomic mass is 10.2. The molecule has 8 nitrogen and oxygen atoms in total. The molecule has 0 aliphatic heterocycles. The summed E-state index contributed by atoms with van der Waals surface area (Å²) in [6.45, 7) is 2.20. The van der Waals surface area contributed by atoms with Crippen molar-refractivity contribution >= 4 is 16.9 Å². The number of aromatic amines is 1. The van der Waals surface area contributed by atoms with Crippen LogP contribution < -0.4 is 21.3 Å². The lowest BCUT2D eigenvalue weighted by Crippen LogP contribution is -2.34. The van der Waals surface area contributed by atoms with Gasteiger partial charge in [0.25, 0.3) is 11.5 Å². The van der Waals surface area contributed by atoms with Gasteiger partial charge in [0.05, 0.1) is 23.9 Å². The number of benzene rings is 2. The van der Waals surface area contributed by atoms with Crippen LogP contribution in [0, 0.1) is 6.92 Å². The van der Waals surface area contributed by atoms with E-state index in [4.69, 9.17) is 4.74 Å². The van der Waals surface area contributed by atoms with Crippen LogP contribution in [0.4, 0.5) is 0 Å². The first-order chi connectivity index (χ1) is 14.9. The highest BCUT2D eigenvalue weighted by Crippen LogP contribution is 2.16. The Morgan fingerprint density at radius 3 is 2.58 bits per heavy atom. The highest BCUT2D eigenvalue weighted by Gasteiger charge is 2.20. The number of carbonyl (C=O) groups excluding carboxylic acids is 1. The van der Waals surface area contributed by atoms with Gasteiger partial charge in [0, 0.05) is 19.8 Å². The molecule has 0 fully saturated rings. The summed E-state index contributed by atoms with van der Waals surface area (Å²) in [6, 6.07) is 14.4. The molecule has 31 heavy (non-hydrogen) atoms. The highest BCUT2D eigenvalue weighted by molar-refractivity contribution is 6.05. The first-order valence-electron chi connectivity index (χ1n) is 9.71. The van der Waals surface area contributed by atoms with E-state index in [1.807, 2.05) is 43.3 Å². The van der Waals surface area contributed by atoms with Crippen molar-refractivity contribution in [1.29, 1.82) is 0 Å². The SMILES string of the molecule is COc1cccc(CNC(=O)c2cn(C)c3c(=O)n(-c4ccc(C)cc4)c(=O)[nH]c23)c1. The molecular formula is C23H22N4O4. The zero-order valence-corrected chi connectivity index (χ0v) is 17.4. The van der Waals surface area contributed by atoms with Gasteiger partial charge >= 0.3 is 5.69 Å². The minimum absolute atomic E-state index is 0.212. The molecule has 0 saturated carbocycles. The van der Waals surface area contributed by atoms with Crippen LogP contribution in [-0.2, 0) is 13.6 Å². The summed E-state index contributed by atoms with van der Waals surface area (Å²) in [5.41, 5.74) is 1.93. The first kappa shape index (κ1) is 20.2. The second-order valence-electron chi connectivity index (χ2n) is 7.32. The molecule has 0 radical (unpaired) electrons. The lowest BCUT2D eigenvalue weighted by molar-refractivity contribution is 0.0952. The molecule has 2 aromatic heterocycles. The number of nitrogens with zero attached hydrogens (tertiary/aromatic N) is 2. The predicted molar refractivity (Wildman–Crippen MR) is 118 cm³/mol. The Hall–Kier alpha value is -4.07. The normalized spacial score (nSPS) is 10.9. The van der Waals surface area contributed by atoms with Gasteiger partial charge in [-0.3, -0.25) is 9.59 Å². The number of hydrogen-bond donors (Lipinski definition) is 2. The van der Waals surface area contributed by atoms with Crippen LogP contribution in [-0.4, -0.2) is 27.1 Å². The summed E-state index contributed by atoms with van der Waals surface area (Å²) in [6.07, 6.45) is 1.54. The fourth-order valence-electron chi connectivity index (χ4n) is 3.53. The molecule has 2 heterocycles. The summed E-state index contributed by atoms with van der Waals surface area (Å²) >= 11 is 0. The standard InChI is InChI=1S/C23H22N4O4/c1-14-7-9-16(10-8-14)27-22(29)20-19(25-23(27)30)18(13-26(20)2)21(28)24-12-15-5-4-6-17(11-15)31-3/h4-11,13H,12H2,1-3H3,(H,24,28)(H,25,30). The van der Waals surface area contributed by atoms with E-state index in [2.05, 4.69) is 10.3 Å². The monoisotopic (exact) mass is 418 g/mol. The second kappa shape index (κ2) is 7.98. The number of rotatable bonds is 5. The Morgan fingerprint density at radius 1 is 1.13 bits per heavy atom. The maximum atomic E-state index is 13.1. The van der Waals surface area contributed by atoms with E-state index in [9.17, 15) is 14.4 Å². The number of nitrogens with one attached hydrogen (secondary N) is 2. The maximum absolute atomic E-state index is 13.1. The van der Waals surface area contributed by atoms with Crippen LogP contribution in [0.25, 0.3) is 16.7 Å². The highest BCUT2D eigenvalue weighted by atomic mass is 16.5. The number of H-pyrrole nitrogens is 1. The number of amides is 1. The van der Waals surface area contributed by atoms with Crippen molar-refractivity contribution < 1.29 is 9.53 Å². The van der Waals surface area contributed by atoms with Crippen molar-refractivity contribution in [2.24, 2.45) is 7.05 Å². The van der Waals surface area contributed by atoms with Crippen molar-refractivity contribution in [1.82, 2.24) is 19.4 Å². The Bertz CT molecular complexity index is 1390. The Morgan fingerprint density at radius 2 is 1.87 bits per heavy atom. The third-order valence-corrected chi connectivity index (χ3v) is 5.15. The number of ether oxygens (including phenoxy) is 1. The number of hydrogen-bond acceptors (Lipinski definition) is 4. The minimum Gasteiger partial charge on any atom is -0.497 e. The van der Waals surface area contributed by atoms with E-state index in [0.717, 1.165) is 15.7 Å². The third kappa shape index (κ3) is 3.75. The molecule has 0 atom stereocenters. The average Bonchev–Trinajstić information content (AvgIpc) is 3.09. The molecule has 4 rings (SSSR count). The average molecular weight is 418 g/mol. The molecule has 2 N–H and O–H groups in total. The van der Waals surface area contributed by atoms with E-state index in [-0.39, 0.29) is 23.1 Å². The molecule has 8 heteroatoms. The largest absolute Gasteiger partial charge is 0.497 e. The molecule has 0 unspecified atom stereocenters. The number of aryl methyl sites for hydroxylation is 2. The zero-order chi connectivity index (χ0) is 22.1. The zero-order valence-electron chi connectivity index (χ0n) is 17.4. The van der Waals surface area contributed by atoms with Crippen molar-refractivity contribution in [3.8, 4) is 11.4 Å². The van der Waals surface area contributed by atoms with E-state index >= 15 is 0 Å². The quantitative estimate of drug-likeness (QED) is 0.519. The fraction of sp³-hybridized carbons (Fsp3) is 0.174. The Balaban J connectivity index is 1.71. The summed E-state index contributed by atoms with van der Waals surface area (Å²) in [5.74, 6) is 0.300. The second-order valence-corrected chi connectivity index (χ2v) is 7.32. The van der Waals surface area contributed by atoms with Gasteiger partial charge in [0.1, 0.15) is 11.3 Å². The van der Waals surface area contributed by atoms with Gasteiger partial charge in [0.2, 0.25) is 0 Å². The van der Waals surface area contributed by atoms with Crippen LogP contribution >= 0.6 is 0 Å². The van der Waals surface area contributed by atoms with Gasteiger partial charge in [-0.2, -0.15) is 0 Å². The van der Waals surface area contributed by atoms with Crippen LogP contribution in [0.2, 0.25) is 0 Å². The number of fused-ring (bicyclic) bond motifs is 1. The van der Waals surface area contributed by atoms with Gasteiger partial charge in [-0.05, 0) is 36.8 Å². The number of aromatic nitrogens is 3. The van der Waals surface area contributed by atoms with Gasteiger partial charge in [-0.25, -0.2) is 9.36 Å². The van der Waals surface area contributed by atoms with E-state index in [1.54, 1.807) is 37.1 Å². The fourth-order valence-corrected chi connectivity index (χ4v) is 3.53. The van der Waals surface area contributed by atoms with Crippen molar-refractivity contribution in [3.05, 3.63) is 92.3 Å². The molecular weight excluding hydrogens is 396 g/mol. The van der Waals surface area contributed by atoms with Crippen molar-refractivity contribution in [3.63, 3.8) is 0 Å². The molecule has 0 spiro atoms. The molecule has 2 aromatic carbocycles. The van der Waals surface area contributed by atoms with Gasteiger partial charge in [-0.1, -0.05) is 29.8 Å².